The maximum absolute atomic E-state index is 6.15. The second-order valence-electron chi connectivity index (χ2n) is 16.2. The number of para-hydroxylation sites is 5. The van der Waals surface area contributed by atoms with Gasteiger partial charge in [0.1, 0.15) is 11.2 Å². The highest BCUT2D eigenvalue weighted by atomic mass is 16.3. The first-order chi connectivity index (χ1) is 31.7. The molecule has 0 aliphatic rings. The number of fused-ring (bicyclic) bond motifs is 6. The topological polar surface area (TPSA) is 24.6 Å². The largest absolute Gasteiger partial charge is 0.456 e. The van der Waals surface area contributed by atoms with Crippen LogP contribution in [-0.4, -0.2) is 4.57 Å². The van der Waals surface area contributed by atoms with Gasteiger partial charge in [-0.2, -0.15) is 0 Å². The van der Waals surface area contributed by atoms with E-state index >= 15 is 0 Å². The molecule has 0 amide bonds. The van der Waals surface area contributed by atoms with Gasteiger partial charge in [-0.15, -0.1) is 0 Å². The summed E-state index contributed by atoms with van der Waals surface area (Å²) in [6, 6.07) is 88.8. The molecule has 64 heavy (non-hydrogen) atoms. The summed E-state index contributed by atoms with van der Waals surface area (Å²) >= 11 is 0. The Morgan fingerprint density at radius 3 is 1.30 bits per heavy atom. The van der Waals surface area contributed by atoms with Crippen molar-refractivity contribution in [3.63, 3.8) is 0 Å². The van der Waals surface area contributed by atoms with Crippen molar-refractivity contribution in [1.82, 2.24) is 4.57 Å². The number of benzene rings is 10. The van der Waals surface area contributed by atoms with Gasteiger partial charge in [-0.3, -0.25) is 0 Å². The van der Waals surface area contributed by atoms with Gasteiger partial charge in [0, 0.05) is 61.4 Å². The molecule has 0 radical (unpaired) electrons. The van der Waals surface area contributed by atoms with Crippen molar-refractivity contribution in [3.05, 3.63) is 249 Å². The molecule has 2 aromatic heterocycles. The predicted octanol–water partition coefficient (Wildman–Crippen LogP) is 17.0. The third-order valence-corrected chi connectivity index (χ3v) is 12.4. The van der Waals surface area contributed by atoms with Crippen molar-refractivity contribution < 1.29 is 4.42 Å². The number of rotatable bonds is 9. The van der Waals surface area contributed by atoms with Crippen molar-refractivity contribution in [2.75, 3.05) is 9.80 Å². The van der Waals surface area contributed by atoms with Crippen LogP contribution in [0.5, 0.6) is 0 Å². The summed E-state index contributed by atoms with van der Waals surface area (Å²) < 4.78 is 8.52. The molecule has 2 heterocycles. The molecule has 10 aromatic carbocycles. The Bertz CT molecular complexity index is 3540. The Hall–Kier alpha value is -8.60. The molecule has 302 valence electrons. The summed E-state index contributed by atoms with van der Waals surface area (Å²) in [4.78, 5) is 4.66. The van der Waals surface area contributed by atoms with Crippen LogP contribution >= 0.6 is 0 Å². The number of furan rings is 1. The molecule has 4 nitrogen and oxygen atoms in total. The maximum Gasteiger partial charge on any atom is 0.135 e. The second-order valence-corrected chi connectivity index (χ2v) is 16.2. The molecular weight excluding hydrogens is 779 g/mol. The highest BCUT2D eigenvalue weighted by molar-refractivity contribution is 6.11. The summed E-state index contributed by atoms with van der Waals surface area (Å²) in [6.07, 6.45) is 0. The molecule has 0 unspecified atom stereocenters. The number of hydrogen-bond donors (Lipinski definition) is 0. The van der Waals surface area contributed by atoms with Crippen molar-refractivity contribution in [2.45, 2.75) is 0 Å². The van der Waals surface area contributed by atoms with E-state index in [0.717, 1.165) is 84.0 Å². The van der Waals surface area contributed by atoms with Gasteiger partial charge < -0.3 is 18.8 Å². The minimum absolute atomic E-state index is 0.900. The minimum Gasteiger partial charge on any atom is -0.456 e. The van der Waals surface area contributed by atoms with Crippen molar-refractivity contribution >= 4 is 77.9 Å². The SMILES string of the molecule is c1ccc(N(c2ccccc2)c2ccc(-c3ccc(N(c4ccc(-c5ccc6oc7ccccc7c6c5)cc4)c4ccc5c(c4)c4ccccc4n5-c4ccccc4)cc3)cc2)cc1. The second kappa shape index (κ2) is 15.7. The van der Waals surface area contributed by atoms with Gasteiger partial charge in [0.25, 0.3) is 0 Å². The summed E-state index contributed by atoms with van der Waals surface area (Å²) in [7, 11) is 0. The van der Waals surface area contributed by atoms with Crippen LogP contribution in [0.4, 0.5) is 34.1 Å². The number of hydrogen-bond acceptors (Lipinski definition) is 3. The van der Waals surface area contributed by atoms with Crippen LogP contribution in [0.3, 0.4) is 0 Å². The smallest absolute Gasteiger partial charge is 0.135 e. The standard InChI is InChI=1S/C60H41N3O/c1-4-14-46(15-5-1)61(47-16-6-2-7-17-47)49-31-24-42(25-32-49)43-26-33-50(34-27-43)62(51-35-28-44(29-36-51)45-30-39-60-56(40-45)54-21-11-13-23-59(54)64-60)52-37-38-58-55(41-52)53-20-10-12-22-57(53)63(58)48-18-8-3-9-19-48/h1-41H. The summed E-state index contributed by atoms with van der Waals surface area (Å²) in [5.74, 6) is 0. The van der Waals surface area contributed by atoms with Crippen LogP contribution in [0.2, 0.25) is 0 Å². The van der Waals surface area contributed by atoms with Gasteiger partial charge in [0.15, 0.2) is 0 Å². The van der Waals surface area contributed by atoms with E-state index in [9.17, 15) is 0 Å². The fourth-order valence-corrected chi connectivity index (χ4v) is 9.32. The van der Waals surface area contributed by atoms with Gasteiger partial charge >= 0.3 is 0 Å². The maximum atomic E-state index is 6.15. The molecule has 0 fully saturated rings. The Morgan fingerprint density at radius 1 is 0.266 bits per heavy atom. The zero-order valence-corrected chi connectivity index (χ0v) is 34.9. The van der Waals surface area contributed by atoms with Gasteiger partial charge in [-0.25, -0.2) is 0 Å². The van der Waals surface area contributed by atoms with Crippen molar-refractivity contribution in [3.8, 4) is 27.9 Å². The highest BCUT2D eigenvalue weighted by Gasteiger charge is 2.19. The van der Waals surface area contributed by atoms with E-state index in [1.165, 1.54) is 21.8 Å². The summed E-state index contributed by atoms with van der Waals surface area (Å²) in [6.45, 7) is 0. The highest BCUT2D eigenvalue weighted by Crippen LogP contribution is 2.42. The van der Waals surface area contributed by atoms with E-state index in [2.05, 4.69) is 251 Å². The predicted molar refractivity (Wildman–Crippen MR) is 268 cm³/mol. The number of anilines is 6. The van der Waals surface area contributed by atoms with E-state index in [1.807, 2.05) is 12.1 Å². The monoisotopic (exact) mass is 819 g/mol. The third-order valence-electron chi connectivity index (χ3n) is 12.4. The number of aromatic nitrogens is 1. The molecule has 0 aliphatic carbocycles. The van der Waals surface area contributed by atoms with Gasteiger partial charge in [0.05, 0.1) is 11.0 Å². The average Bonchev–Trinajstić information content (AvgIpc) is 3.91. The molecule has 0 saturated carbocycles. The Morgan fingerprint density at radius 2 is 0.688 bits per heavy atom. The fraction of sp³-hybridized carbons (Fsp3) is 0. The molecule has 12 aromatic rings. The van der Waals surface area contributed by atoms with Crippen LogP contribution in [-0.2, 0) is 0 Å². The normalized spacial score (nSPS) is 11.4. The Balaban J connectivity index is 0.936. The van der Waals surface area contributed by atoms with Crippen LogP contribution in [0.1, 0.15) is 0 Å². The van der Waals surface area contributed by atoms with E-state index in [4.69, 9.17) is 4.42 Å². The lowest BCUT2D eigenvalue weighted by Gasteiger charge is -2.26. The lowest BCUT2D eigenvalue weighted by Crippen LogP contribution is -2.10. The molecule has 0 N–H and O–H groups in total. The van der Waals surface area contributed by atoms with Gasteiger partial charge in [-0.05, 0) is 138 Å². The first-order valence-corrected chi connectivity index (χ1v) is 21.7. The van der Waals surface area contributed by atoms with E-state index in [0.29, 0.717) is 0 Å². The zero-order chi connectivity index (χ0) is 42.4. The van der Waals surface area contributed by atoms with Crippen molar-refractivity contribution in [1.29, 1.82) is 0 Å². The molecule has 0 saturated heterocycles. The van der Waals surface area contributed by atoms with Crippen LogP contribution < -0.4 is 9.80 Å². The first-order valence-electron chi connectivity index (χ1n) is 21.7. The quantitative estimate of drug-likeness (QED) is 0.145. The molecular formula is C60H41N3O. The van der Waals surface area contributed by atoms with Crippen LogP contribution in [0.15, 0.2) is 253 Å². The molecule has 0 spiro atoms. The first kappa shape index (κ1) is 37.2. The average molecular weight is 820 g/mol. The van der Waals surface area contributed by atoms with E-state index in [-0.39, 0.29) is 0 Å². The van der Waals surface area contributed by atoms with Crippen LogP contribution in [0.25, 0.3) is 71.7 Å². The lowest BCUT2D eigenvalue weighted by atomic mass is 10.0. The molecule has 4 heteroatoms. The fourth-order valence-electron chi connectivity index (χ4n) is 9.32. The van der Waals surface area contributed by atoms with Crippen molar-refractivity contribution in [2.24, 2.45) is 0 Å². The Labute approximate surface area is 371 Å². The lowest BCUT2D eigenvalue weighted by molar-refractivity contribution is 0.669. The zero-order valence-electron chi connectivity index (χ0n) is 34.9. The molecule has 0 bridgehead atoms. The van der Waals surface area contributed by atoms with E-state index in [1.54, 1.807) is 0 Å². The summed E-state index contributed by atoms with van der Waals surface area (Å²) in [5, 5.41) is 4.68. The van der Waals surface area contributed by atoms with Gasteiger partial charge in [0.2, 0.25) is 0 Å². The number of nitrogens with zero attached hydrogens (tertiary/aromatic N) is 3. The summed E-state index contributed by atoms with van der Waals surface area (Å²) in [5.41, 5.74) is 16.5. The minimum atomic E-state index is 0.900. The molecule has 12 rings (SSSR count). The Kier molecular flexibility index (Phi) is 9.12. The van der Waals surface area contributed by atoms with Crippen LogP contribution in [0, 0.1) is 0 Å². The van der Waals surface area contributed by atoms with E-state index < -0.39 is 0 Å². The molecule has 0 atom stereocenters. The third kappa shape index (κ3) is 6.57. The van der Waals surface area contributed by atoms with Gasteiger partial charge in [-0.1, -0.05) is 133 Å². The molecule has 0 aliphatic heterocycles.